The van der Waals surface area contributed by atoms with Gasteiger partial charge in [0.25, 0.3) is 5.91 Å². The summed E-state index contributed by atoms with van der Waals surface area (Å²) in [6.07, 6.45) is -0.699. The average molecular weight is 345 g/mol. The molecule has 1 atom stereocenters. The van der Waals surface area contributed by atoms with Gasteiger partial charge in [-0.3, -0.25) is 4.79 Å². The molecule has 2 aromatic rings. The Morgan fingerprint density at radius 2 is 1.81 bits per heavy atom. The van der Waals surface area contributed by atoms with Gasteiger partial charge in [-0.25, -0.2) is 0 Å². The van der Waals surface area contributed by atoms with Crippen LogP contribution in [0.3, 0.4) is 0 Å². The van der Waals surface area contributed by atoms with E-state index in [1.54, 1.807) is 49.4 Å². The quantitative estimate of drug-likeness (QED) is 0.842. The number of ether oxygens (including phenoxy) is 1. The second-order valence-electron chi connectivity index (χ2n) is 4.33. The molecule has 0 aliphatic rings. The topological polar surface area (TPSA) is 38.3 Å². The Hall–Kier alpha value is -1.42. The van der Waals surface area contributed by atoms with E-state index in [9.17, 15) is 4.79 Å². The minimum atomic E-state index is -0.699. The van der Waals surface area contributed by atoms with E-state index in [2.05, 4.69) is 5.32 Å². The molecule has 1 N–H and O–H groups in total. The molecule has 0 bridgehead atoms. The molecule has 2 rings (SSSR count). The number of halogens is 3. The van der Waals surface area contributed by atoms with Crippen molar-refractivity contribution in [2.75, 3.05) is 5.32 Å². The van der Waals surface area contributed by atoms with Gasteiger partial charge in [-0.05, 0) is 43.3 Å². The molecule has 0 aliphatic carbocycles. The molecule has 21 heavy (non-hydrogen) atoms. The maximum absolute atomic E-state index is 12.1. The van der Waals surface area contributed by atoms with Crippen LogP contribution in [0.5, 0.6) is 5.75 Å². The fraction of sp³-hybridized carbons (Fsp3) is 0.133. The minimum absolute atomic E-state index is 0.320. The number of hydrogen-bond donors (Lipinski definition) is 1. The predicted molar refractivity (Wildman–Crippen MR) is 86.6 cm³/mol. The van der Waals surface area contributed by atoms with Crippen LogP contribution in [0.2, 0.25) is 15.1 Å². The number of amides is 1. The summed E-state index contributed by atoms with van der Waals surface area (Å²) in [5.74, 6) is 0.201. The van der Waals surface area contributed by atoms with Gasteiger partial charge in [0.05, 0.1) is 10.7 Å². The summed E-state index contributed by atoms with van der Waals surface area (Å²) < 4.78 is 5.53. The van der Waals surface area contributed by atoms with E-state index < -0.39 is 6.10 Å². The molecule has 110 valence electrons. The molecule has 0 saturated carbocycles. The first-order chi connectivity index (χ1) is 9.95. The van der Waals surface area contributed by atoms with Gasteiger partial charge >= 0.3 is 0 Å². The number of anilines is 1. The van der Waals surface area contributed by atoms with E-state index >= 15 is 0 Å². The van der Waals surface area contributed by atoms with E-state index in [1.807, 2.05) is 0 Å². The van der Waals surface area contributed by atoms with Gasteiger partial charge in [0.2, 0.25) is 0 Å². The molecular formula is C15H12Cl3NO2. The van der Waals surface area contributed by atoms with Gasteiger partial charge in [0, 0.05) is 10.0 Å². The van der Waals surface area contributed by atoms with Crippen molar-refractivity contribution < 1.29 is 9.53 Å². The van der Waals surface area contributed by atoms with Gasteiger partial charge in [-0.15, -0.1) is 0 Å². The third-order valence-electron chi connectivity index (χ3n) is 2.67. The maximum atomic E-state index is 12.1. The minimum Gasteiger partial charge on any atom is -0.481 e. The Balaban J connectivity index is 2.02. The molecule has 0 radical (unpaired) electrons. The van der Waals surface area contributed by atoms with Crippen molar-refractivity contribution in [3.8, 4) is 5.75 Å². The Bertz CT molecular complexity index is 661. The Morgan fingerprint density at radius 3 is 2.48 bits per heavy atom. The molecule has 0 aromatic heterocycles. The van der Waals surface area contributed by atoms with Crippen LogP contribution in [0.4, 0.5) is 5.69 Å². The Labute approximate surface area is 137 Å². The smallest absolute Gasteiger partial charge is 0.265 e. The Kier molecular flexibility index (Phi) is 5.34. The van der Waals surface area contributed by atoms with Crippen LogP contribution in [-0.2, 0) is 4.79 Å². The van der Waals surface area contributed by atoms with Crippen molar-refractivity contribution in [1.29, 1.82) is 0 Å². The summed E-state index contributed by atoms with van der Waals surface area (Å²) in [7, 11) is 0. The number of carbonyl (C=O) groups excluding carboxylic acids is 1. The summed E-state index contributed by atoms with van der Waals surface area (Å²) in [5.41, 5.74) is 0.479. The molecule has 6 heteroatoms. The zero-order valence-electron chi connectivity index (χ0n) is 11.1. The van der Waals surface area contributed by atoms with E-state index in [4.69, 9.17) is 39.5 Å². The van der Waals surface area contributed by atoms with Crippen molar-refractivity contribution in [1.82, 2.24) is 0 Å². The average Bonchev–Trinajstić information content (AvgIpc) is 2.41. The molecule has 0 aliphatic heterocycles. The van der Waals surface area contributed by atoms with Crippen LogP contribution < -0.4 is 10.1 Å². The van der Waals surface area contributed by atoms with E-state index in [-0.39, 0.29) is 5.91 Å². The standard InChI is InChI=1S/C15H12Cl3NO2/c1-9(21-12-4-2-3-10(16)7-12)15(20)19-14-6-5-11(17)8-13(14)18/h2-9H,1H3,(H,19,20)/t9-/m0/s1. The summed E-state index contributed by atoms with van der Waals surface area (Å²) >= 11 is 17.7. The van der Waals surface area contributed by atoms with Gasteiger partial charge in [0.1, 0.15) is 5.75 Å². The fourth-order valence-corrected chi connectivity index (χ4v) is 2.26. The monoisotopic (exact) mass is 343 g/mol. The number of rotatable bonds is 4. The summed E-state index contributed by atoms with van der Waals surface area (Å²) in [5, 5.41) is 4.09. The lowest BCUT2D eigenvalue weighted by atomic mass is 10.3. The van der Waals surface area contributed by atoms with Gasteiger partial charge in [-0.1, -0.05) is 40.9 Å². The van der Waals surface area contributed by atoms with Crippen molar-refractivity contribution in [3.05, 3.63) is 57.5 Å². The molecule has 0 fully saturated rings. The highest BCUT2D eigenvalue weighted by Crippen LogP contribution is 2.26. The van der Waals surface area contributed by atoms with Crippen molar-refractivity contribution >= 4 is 46.4 Å². The van der Waals surface area contributed by atoms with Gasteiger partial charge in [-0.2, -0.15) is 0 Å². The maximum Gasteiger partial charge on any atom is 0.265 e. The molecule has 0 heterocycles. The van der Waals surface area contributed by atoms with Crippen LogP contribution in [0.1, 0.15) is 6.92 Å². The molecule has 3 nitrogen and oxygen atoms in total. The van der Waals surface area contributed by atoms with Crippen molar-refractivity contribution in [2.24, 2.45) is 0 Å². The van der Waals surface area contributed by atoms with E-state index in [0.29, 0.717) is 26.5 Å². The van der Waals surface area contributed by atoms with Crippen LogP contribution in [0, 0.1) is 0 Å². The van der Waals surface area contributed by atoms with Crippen LogP contribution >= 0.6 is 34.8 Å². The second-order valence-corrected chi connectivity index (χ2v) is 5.61. The highest BCUT2D eigenvalue weighted by molar-refractivity contribution is 6.36. The largest absolute Gasteiger partial charge is 0.481 e. The number of nitrogens with one attached hydrogen (secondary N) is 1. The molecule has 2 aromatic carbocycles. The molecular weight excluding hydrogens is 333 g/mol. The highest BCUT2D eigenvalue weighted by Gasteiger charge is 2.16. The molecule has 0 unspecified atom stereocenters. The first kappa shape index (κ1) is 16.0. The zero-order valence-corrected chi connectivity index (χ0v) is 13.3. The van der Waals surface area contributed by atoms with Crippen molar-refractivity contribution in [3.63, 3.8) is 0 Å². The van der Waals surface area contributed by atoms with Gasteiger partial charge < -0.3 is 10.1 Å². The van der Waals surface area contributed by atoms with Gasteiger partial charge in [0.15, 0.2) is 6.10 Å². The first-order valence-corrected chi connectivity index (χ1v) is 7.27. The van der Waals surface area contributed by atoms with Crippen LogP contribution in [-0.4, -0.2) is 12.0 Å². The lowest BCUT2D eigenvalue weighted by Gasteiger charge is -2.15. The van der Waals surface area contributed by atoms with E-state index in [1.165, 1.54) is 0 Å². The lowest BCUT2D eigenvalue weighted by molar-refractivity contribution is -0.122. The number of hydrogen-bond acceptors (Lipinski definition) is 2. The third-order valence-corrected chi connectivity index (χ3v) is 3.45. The van der Waals surface area contributed by atoms with E-state index in [0.717, 1.165) is 0 Å². The van der Waals surface area contributed by atoms with Crippen LogP contribution in [0.15, 0.2) is 42.5 Å². The second kappa shape index (κ2) is 7.03. The highest BCUT2D eigenvalue weighted by atomic mass is 35.5. The van der Waals surface area contributed by atoms with Crippen LogP contribution in [0.25, 0.3) is 0 Å². The summed E-state index contributed by atoms with van der Waals surface area (Å²) in [4.78, 5) is 12.1. The normalized spacial score (nSPS) is 11.8. The molecule has 1 amide bonds. The Morgan fingerprint density at radius 1 is 1.10 bits per heavy atom. The number of benzene rings is 2. The zero-order chi connectivity index (χ0) is 15.4. The fourth-order valence-electron chi connectivity index (χ4n) is 1.62. The lowest BCUT2D eigenvalue weighted by Crippen LogP contribution is -2.30. The molecule has 0 saturated heterocycles. The third kappa shape index (κ3) is 4.53. The number of carbonyl (C=O) groups is 1. The first-order valence-electron chi connectivity index (χ1n) is 6.14. The molecule has 0 spiro atoms. The predicted octanol–water partition coefficient (Wildman–Crippen LogP) is 5.05. The summed E-state index contributed by atoms with van der Waals surface area (Å²) in [6.45, 7) is 1.64. The SMILES string of the molecule is C[C@H](Oc1cccc(Cl)c1)C(=O)Nc1ccc(Cl)cc1Cl. The summed E-state index contributed by atoms with van der Waals surface area (Å²) in [6, 6.07) is 11.7. The van der Waals surface area contributed by atoms with Crippen molar-refractivity contribution in [2.45, 2.75) is 13.0 Å².